The maximum atomic E-state index is 13.5. The smallest absolute Gasteiger partial charge is 0.255 e. The molecule has 5 aromatic rings. The van der Waals surface area contributed by atoms with Crippen molar-refractivity contribution in [2.45, 2.75) is 107 Å². The highest BCUT2D eigenvalue weighted by molar-refractivity contribution is 7.99. The summed E-state index contributed by atoms with van der Waals surface area (Å²) in [4.78, 5) is 69.3. The molecule has 3 aromatic carbocycles. The summed E-state index contributed by atoms with van der Waals surface area (Å²) in [6.45, 7) is 7.80. The van der Waals surface area contributed by atoms with Crippen LogP contribution < -0.4 is 15.8 Å². The summed E-state index contributed by atoms with van der Waals surface area (Å²) in [5.74, 6) is 2.17. The number of nitrogens with one attached hydrogen (secondary N) is 1. The van der Waals surface area contributed by atoms with Crippen molar-refractivity contribution in [3.05, 3.63) is 102 Å². The highest BCUT2D eigenvalue weighted by Crippen LogP contribution is 2.37. The second-order valence-electron chi connectivity index (χ2n) is 19.0. The number of nitrogens with zero attached hydrogens (tertiary/aromatic N) is 8. The van der Waals surface area contributed by atoms with Crippen molar-refractivity contribution in [3.63, 3.8) is 0 Å². The molecular formula is C54H66N10O5S. The van der Waals surface area contributed by atoms with Gasteiger partial charge in [0.25, 0.3) is 5.91 Å². The number of unbranched alkanes of at least 4 members (excludes halogenated alkanes) is 8. The molecule has 0 aliphatic carbocycles. The zero-order valence-corrected chi connectivity index (χ0v) is 41.0. The average molecular weight is 967 g/mol. The molecular weight excluding hydrogens is 901 g/mol. The zero-order chi connectivity index (χ0) is 48.2. The van der Waals surface area contributed by atoms with Crippen LogP contribution in [0.1, 0.15) is 105 Å². The van der Waals surface area contributed by atoms with Gasteiger partial charge in [0.1, 0.15) is 35.4 Å². The van der Waals surface area contributed by atoms with Crippen LogP contribution in [0.3, 0.4) is 0 Å². The fourth-order valence-corrected chi connectivity index (χ4v) is 11.4. The zero-order valence-electron chi connectivity index (χ0n) is 40.2. The minimum absolute atomic E-state index is 0.0353. The van der Waals surface area contributed by atoms with E-state index < -0.39 is 6.04 Å². The van der Waals surface area contributed by atoms with Gasteiger partial charge in [-0.3, -0.25) is 29.4 Å². The molecule has 3 saturated heterocycles. The van der Waals surface area contributed by atoms with E-state index in [1.807, 2.05) is 94.1 Å². The van der Waals surface area contributed by atoms with Crippen LogP contribution in [-0.4, -0.2) is 127 Å². The van der Waals surface area contributed by atoms with E-state index in [9.17, 15) is 19.2 Å². The molecule has 6 heterocycles. The third-order valence-electron chi connectivity index (χ3n) is 14.2. The number of piperazine rings is 1. The standard InChI is InChI=1S/C54H66N10O5S/c55-51-49-50(39-22-24-42(25-23-39)69-41-17-9-8-10-18-41)59-64(52(49)57-38-56-51)40-16-14-30-62(36-40)48(66)21-15-29-61-33-31-60(32-34-61)28-11-6-4-2-1-3-5-7-12-35-70-46-20-13-19-43-44(46)37-63(54(43)68)45-26-27-47(65)58-53(45)67/h8-10,13,15,17-25,38,40,45H,1-7,11-12,14,16,26-37H2,(H2,55,56,57)(H,58,65,67)/b21-15+/t40-,45?/m1/s1. The summed E-state index contributed by atoms with van der Waals surface area (Å²) in [7, 11) is 0. The van der Waals surface area contributed by atoms with E-state index >= 15 is 0 Å². The number of para-hydroxylation sites is 1. The van der Waals surface area contributed by atoms with E-state index in [-0.39, 0.29) is 36.1 Å². The number of anilines is 1. The summed E-state index contributed by atoms with van der Waals surface area (Å²) in [5, 5.41) is 8.16. The number of imide groups is 1. The van der Waals surface area contributed by atoms with Crippen LogP contribution in [0.15, 0.2) is 96.2 Å². The van der Waals surface area contributed by atoms with Gasteiger partial charge in [-0.15, -0.1) is 11.8 Å². The first-order chi connectivity index (χ1) is 34.3. The minimum Gasteiger partial charge on any atom is -0.457 e. The summed E-state index contributed by atoms with van der Waals surface area (Å²) in [5.41, 5.74) is 10.4. The summed E-state index contributed by atoms with van der Waals surface area (Å²) < 4.78 is 7.95. The number of benzene rings is 3. The van der Waals surface area contributed by atoms with Gasteiger partial charge in [-0.25, -0.2) is 14.6 Å². The van der Waals surface area contributed by atoms with Crippen LogP contribution in [-0.2, 0) is 20.9 Å². The SMILES string of the molecule is Nc1ncnc2c1c(-c1ccc(Oc3ccccc3)cc1)nn2[C@@H]1CCCN(C(=O)/C=C/CN2CCN(CCCCCCCCCCCSc3cccc4c3CN(C3CCC(=O)NC3=O)C4=O)CC2)C1. The highest BCUT2D eigenvalue weighted by atomic mass is 32.2. The first-order valence-electron chi connectivity index (χ1n) is 25.4. The van der Waals surface area contributed by atoms with Crippen LogP contribution in [0.4, 0.5) is 5.82 Å². The molecule has 0 radical (unpaired) electrons. The Balaban J connectivity index is 0.624. The summed E-state index contributed by atoms with van der Waals surface area (Å²) in [6, 6.07) is 22.7. The number of likely N-dealkylation sites (tertiary alicyclic amines) is 1. The van der Waals surface area contributed by atoms with Crippen molar-refractivity contribution < 1.29 is 23.9 Å². The van der Waals surface area contributed by atoms with Gasteiger partial charge in [0, 0.05) is 80.9 Å². The average Bonchev–Trinajstić information content (AvgIpc) is 3.94. The molecule has 368 valence electrons. The number of rotatable bonds is 21. The van der Waals surface area contributed by atoms with E-state index in [0.717, 1.165) is 91.8 Å². The van der Waals surface area contributed by atoms with Gasteiger partial charge in [-0.2, -0.15) is 5.10 Å². The molecule has 4 aliphatic heterocycles. The number of carbonyl (C=O) groups is 4. The van der Waals surface area contributed by atoms with Crippen molar-refractivity contribution in [2.24, 2.45) is 0 Å². The Bertz CT molecular complexity index is 2630. The largest absolute Gasteiger partial charge is 0.457 e. The molecule has 2 atom stereocenters. The van der Waals surface area contributed by atoms with E-state index in [1.165, 1.54) is 57.7 Å². The predicted molar refractivity (Wildman–Crippen MR) is 273 cm³/mol. The van der Waals surface area contributed by atoms with E-state index in [2.05, 4.69) is 31.2 Å². The number of hydrogen-bond acceptors (Lipinski definition) is 12. The molecule has 3 fully saturated rings. The van der Waals surface area contributed by atoms with E-state index in [4.69, 9.17) is 15.6 Å². The summed E-state index contributed by atoms with van der Waals surface area (Å²) >= 11 is 1.81. The lowest BCUT2D eigenvalue weighted by Gasteiger charge is -2.34. The molecule has 0 bridgehead atoms. The number of amides is 4. The second kappa shape index (κ2) is 23.7. The lowest BCUT2D eigenvalue weighted by atomic mass is 10.0. The second-order valence-corrected chi connectivity index (χ2v) is 20.2. The van der Waals surface area contributed by atoms with Gasteiger partial charge in [-0.1, -0.05) is 75.3 Å². The molecule has 4 amide bonds. The van der Waals surface area contributed by atoms with Crippen LogP contribution in [0.2, 0.25) is 0 Å². The van der Waals surface area contributed by atoms with Gasteiger partial charge in [0.2, 0.25) is 17.7 Å². The van der Waals surface area contributed by atoms with Gasteiger partial charge in [0.05, 0.1) is 11.4 Å². The molecule has 0 saturated carbocycles. The quantitative estimate of drug-likeness (QED) is 0.0313. The molecule has 16 heteroatoms. The van der Waals surface area contributed by atoms with Gasteiger partial charge >= 0.3 is 0 Å². The Hall–Kier alpha value is -6.10. The number of piperidine rings is 2. The number of aromatic nitrogens is 4. The van der Waals surface area contributed by atoms with Crippen molar-refractivity contribution >= 4 is 52.2 Å². The first-order valence-corrected chi connectivity index (χ1v) is 26.4. The Kier molecular flexibility index (Phi) is 16.5. The maximum absolute atomic E-state index is 13.5. The Morgan fingerprint density at radius 3 is 2.30 bits per heavy atom. The molecule has 70 heavy (non-hydrogen) atoms. The first kappa shape index (κ1) is 48.9. The lowest BCUT2D eigenvalue weighted by molar-refractivity contribution is -0.137. The van der Waals surface area contributed by atoms with Gasteiger partial charge in [-0.05, 0) is 98.5 Å². The number of nitrogens with two attached hydrogens (primary N) is 1. The normalized spacial score (nSPS) is 19.1. The van der Waals surface area contributed by atoms with Crippen LogP contribution in [0.25, 0.3) is 22.3 Å². The Morgan fingerprint density at radius 2 is 1.53 bits per heavy atom. The fraction of sp³-hybridized carbons (Fsp3) is 0.463. The molecule has 3 N–H and O–H groups in total. The topological polar surface area (TPSA) is 172 Å². The van der Waals surface area contributed by atoms with Crippen LogP contribution in [0, 0.1) is 0 Å². The number of nitrogen functional groups attached to an aromatic ring is 1. The molecule has 0 spiro atoms. The van der Waals surface area contributed by atoms with Crippen LogP contribution in [0.5, 0.6) is 11.5 Å². The summed E-state index contributed by atoms with van der Waals surface area (Å²) in [6.07, 6.45) is 19.0. The van der Waals surface area contributed by atoms with E-state index in [1.54, 1.807) is 11.0 Å². The number of fused-ring (bicyclic) bond motifs is 2. The van der Waals surface area contributed by atoms with Crippen molar-refractivity contribution in [1.29, 1.82) is 0 Å². The number of carbonyl (C=O) groups excluding carboxylic acids is 4. The monoisotopic (exact) mass is 966 g/mol. The fourth-order valence-electron chi connectivity index (χ4n) is 10.3. The highest BCUT2D eigenvalue weighted by Gasteiger charge is 2.40. The molecule has 2 aromatic heterocycles. The number of thioether (sulfide) groups is 1. The molecule has 4 aliphatic rings. The third kappa shape index (κ3) is 12.1. The number of ether oxygens (including phenoxy) is 1. The predicted octanol–water partition coefficient (Wildman–Crippen LogP) is 8.27. The molecule has 1 unspecified atom stereocenters. The molecule has 9 rings (SSSR count). The number of hydrogen-bond donors (Lipinski definition) is 2. The van der Waals surface area contributed by atoms with Gasteiger partial charge < -0.3 is 25.2 Å². The van der Waals surface area contributed by atoms with Crippen molar-refractivity contribution in [1.82, 2.24) is 44.7 Å². The van der Waals surface area contributed by atoms with Crippen molar-refractivity contribution in [3.8, 4) is 22.8 Å². The minimum atomic E-state index is -0.578. The maximum Gasteiger partial charge on any atom is 0.255 e. The Morgan fingerprint density at radius 1 is 0.800 bits per heavy atom. The van der Waals surface area contributed by atoms with Crippen LogP contribution >= 0.6 is 11.8 Å². The van der Waals surface area contributed by atoms with E-state index in [0.29, 0.717) is 54.2 Å². The van der Waals surface area contributed by atoms with Crippen molar-refractivity contribution in [2.75, 3.05) is 63.8 Å². The lowest BCUT2D eigenvalue weighted by Crippen LogP contribution is -2.52. The molecule has 15 nitrogen and oxygen atoms in total. The third-order valence-corrected chi connectivity index (χ3v) is 15.4. The Labute approximate surface area is 415 Å². The van der Waals surface area contributed by atoms with Gasteiger partial charge in [0.15, 0.2) is 5.65 Å².